The van der Waals surface area contributed by atoms with Gasteiger partial charge in [0.05, 0.1) is 10.8 Å². The lowest BCUT2D eigenvalue weighted by Crippen LogP contribution is -2.33. The predicted octanol–water partition coefficient (Wildman–Crippen LogP) is 21.7. The van der Waals surface area contributed by atoms with Crippen molar-refractivity contribution in [2.75, 3.05) is 9.80 Å². The number of hydrogen-bond donors (Lipinski definition) is 0. The Labute approximate surface area is 511 Å². The lowest BCUT2D eigenvalue weighted by molar-refractivity contribution is 0.363. The summed E-state index contributed by atoms with van der Waals surface area (Å²) in [6, 6.07) is 71.6. The van der Waals surface area contributed by atoms with Gasteiger partial charge in [0.2, 0.25) is 11.6 Å². The van der Waals surface area contributed by atoms with Crippen LogP contribution >= 0.6 is 0 Å². The number of para-hydroxylation sites is 2. The number of fused-ring (bicyclic) bond motifs is 6. The van der Waals surface area contributed by atoms with Crippen molar-refractivity contribution in [3.8, 4) is 33.4 Å². The lowest BCUT2D eigenvalue weighted by Gasteiger charge is -2.35. The van der Waals surface area contributed by atoms with Gasteiger partial charge < -0.3 is 9.80 Å². The number of nitrogens with zero attached hydrogens (tertiary/aromatic N) is 2. The molecule has 0 saturated carbocycles. The topological polar surface area (TPSA) is 6.48 Å². The van der Waals surface area contributed by atoms with Gasteiger partial charge in [0.25, 0.3) is 0 Å². The summed E-state index contributed by atoms with van der Waals surface area (Å²) in [6.45, 7) is 7.69. The maximum Gasteiger partial charge on any atom is 0.200 e. The van der Waals surface area contributed by atoms with E-state index in [-0.39, 0.29) is 22.3 Å². The molecule has 90 heavy (non-hydrogen) atoms. The quantitative estimate of drug-likeness (QED) is 0.0645. The Morgan fingerprint density at radius 1 is 0.256 bits per heavy atom. The highest BCUT2D eigenvalue weighted by molar-refractivity contribution is 5.92. The predicted molar refractivity (Wildman–Crippen MR) is 336 cm³/mol. The summed E-state index contributed by atoms with van der Waals surface area (Å²) in [7, 11) is 0. The van der Waals surface area contributed by atoms with Crippen LogP contribution in [0.4, 0.5) is 78.0 Å². The van der Waals surface area contributed by atoms with Crippen molar-refractivity contribution in [1.82, 2.24) is 0 Å². The van der Waals surface area contributed by atoms with E-state index in [0.29, 0.717) is 78.6 Å². The first-order valence-corrected chi connectivity index (χ1v) is 28.6. The summed E-state index contributed by atoms with van der Waals surface area (Å²) in [4.78, 5) is 3.87. The highest BCUT2D eigenvalue weighted by atomic mass is 19.2. The molecule has 0 saturated heterocycles. The SMILES string of the molecule is C=Cc1ccc(C2(c3c(F)c(F)c(F)c(F)c3F)c3ccccc3-c3ccc(N(c4ccccc4)c4ccc(-c5ccc(N(c6ccccc6)c6ccc7c(c6)C(c6ccc(C=C)cc6)(c6c(F)c(F)c(F)c(F)c6F)c6ccccc6-7)cc5)cc4)cc32)cc1. The summed E-state index contributed by atoms with van der Waals surface area (Å²) in [5.74, 6) is -20.6. The van der Waals surface area contributed by atoms with Crippen molar-refractivity contribution in [2.45, 2.75) is 10.8 Å². The fourth-order valence-electron chi connectivity index (χ4n) is 13.5. The molecule has 438 valence electrons. The molecule has 2 nitrogen and oxygen atoms in total. The Morgan fingerprint density at radius 2 is 0.533 bits per heavy atom. The second-order valence-electron chi connectivity index (χ2n) is 22.0. The first kappa shape index (κ1) is 56.8. The zero-order chi connectivity index (χ0) is 62.3. The smallest absolute Gasteiger partial charge is 0.200 e. The van der Waals surface area contributed by atoms with E-state index in [2.05, 4.69) is 13.2 Å². The molecule has 14 rings (SSSR count). The molecule has 0 fully saturated rings. The van der Waals surface area contributed by atoms with E-state index in [4.69, 9.17) is 0 Å². The normalized spacial score (nSPS) is 15.2. The molecule has 2 aliphatic rings. The van der Waals surface area contributed by atoms with Crippen LogP contribution in [-0.4, -0.2) is 0 Å². The van der Waals surface area contributed by atoms with Crippen LogP contribution in [-0.2, 0) is 10.8 Å². The fourth-order valence-corrected chi connectivity index (χ4v) is 13.5. The molecule has 0 spiro atoms. The van der Waals surface area contributed by atoms with Crippen molar-refractivity contribution >= 4 is 46.3 Å². The number of benzene rings is 12. The third kappa shape index (κ3) is 8.49. The van der Waals surface area contributed by atoms with Gasteiger partial charge >= 0.3 is 0 Å². The van der Waals surface area contributed by atoms with Gasteiger partial charge in [0, 0.05) is 45.3 Å². The number of rotatable bonds is 13. The molecule has 12 heteroatoms. The molecule has 2 aliphatic carbocycles. The van der Waals surface area contributed by atoms with Crippen molar-refractivity contribution in [3.63, 3.8) is 0 Å². The van der Waals surface area contributed by atoms with Gasteiger partial charge in [0.15, 0.2) is 46.5 Å². The van der Waals surface area contributed by atoms with Crippen molar-refractivity contribution in [1.29, 1.82) is 0 Å². The Kier molecular flexibility index (Phi) is 13.9. The van der Waals surface area contributed by atoms with Crippen LogP contribution in [0.25, 0.3) is 45.5 Å². The van der Waals surface area contributed by atoms with Crippen LogP contribution in [0.3, 0.4) is 0 Å². The molecule has 12 aromatic carbocycles. The number of anilines is 6. The van der Waals surface area contributed by atoms with Gasteiger partial charge in [-0.25, -0.2) is 43.9 Å². The first-order chi connectivity index (χ1) is 43.7. The third-order valence-corrected chi connectivity index (χ3v) is 17.5. The highest BCUT2D eigenvalue weighted by Gasteiger charge is 2.53. The van der Waals surface area contributed by atoms with Crippen molar-refractivity contribution < 1.29 is 43.9 Å². The van der Waals surface area contributed by atoms with E-state index in [1.54, 1.807) is 133 Å². The zero-order valence-electron chi connectivity index (χ0n) is 47.3. The minimum Gasteiger partial charge on any atom is -0.310 e. The molecular formula is C78H46F10N2. The maximum atomic E-state index is 16.8. The molecule has 0 N–H and O–H groups in total. The summed E-state index contributed by atoms with van der Waals surface area (Å²) >= 11 is 0. The molecule has 0 heterocycles. The standard InChI is InChI=1S/C78H46F10N2/c1-3-45-23-31-49(32-24-45)77(65-67(79)71(83)75(87)72(84)68(65)80)61-21-13-11-19-57(61)59-41-39-55(43-63(59)77)89(51-15-7-5-8-16-51)53-35-27-47(28-36-53)48-29-37-54(38-30-48)90(52-17-9-6-10-18-52)56-40-42-60-58-20-12-14-22-62(58)78(64(60)44-56,50-33-25-46(4-2)26-34-50)66-69(81)73(85)76(88)74(86)70(66)82/h3-44H,1-2H2. The molecule has 12 aromatic rings. The molecule has 2 unspecified atom stereocenters. The van der Waals surface area contributed by atoms with Crippen LogP contribution in [0.15, 0.2) is 256 Å². The molecular weight excluding hydrogens is 1150 g/mol. The van der Waals surface area contributed by atoms with Gasteiger partial charge in [-0.3, -0.25) is 0 Å². The second kappa shape index (κ2) is 22.0. The monoisotopic (exact) mass is 1200 g/mol. The number of halogens is 10. The van der Waals surface area contributed by atoms with E-state index < -0.39 is 80.1 Å². The molecule has 0 aliphatic heterocycles. The van der Waals surface area contributed by atoms with Crippen molar-refractivity contribution in [3.05, 3.63) is 370 Å². The van der Waals surface area contributed by atoms with Gasteiger partial charge in [-0.1, -0.05) is 195 Å². The van der Waals surface area contributed by atoms with Gasteiger partial charge in [-0.05, 0) is 151 Å². The fraction of sp³-hybridized carbons (Fsp3) is 0.0256. The van der Waals surface area contributed by atoms with Crippen molar-refractivity contribution in [2.24, 2.45) is 0 Å². The molecule has 0 bridgehead atoms. The van der Waals surface area contributed by atoms with E-state index >= 15 is 35.1 Å². The average molecular weight is 1200 g/mol. The minimum absolute atomic E-state index is 0.255. The zero-order valence-corrected chi connectivity index (χ0v) is 47.3. The third-order valence-electron chi connectivity index (χ3n) is 17.5. The second-order valence-corrected chi connectivity index (χ2v) is 22.0. The highest BCUT2D eigenvalue weighted by Crippen LogP contribution is 2.61. The Bertz CT molecular complexity index is 4490. The molecule has 0 amide bonds. The Hall–Kier alpha value is -11.0. The Morgan fingerprint density at radius 3 is 0.867 bits per heavy atom. The number of hydrogen-bond acceptors (Lipinski definition) is 2. The summed E-state index contributed by atoms with van der Waals surface area (Å²) in [5, 5.41) is 0. The van der Waals surface area contributed by atoms with Crippen LogP contribution in [0, 0.1) is 58.2 Å². The molecule has 2 atom stereocenters. The molecule has 0 radical (unpaired) electrons. The van der Waals surface area contributed by atoms with E-state index in [1.165, 1.54) is 0 Å². The largest absolute Gasteiger partial charge is 0.310 e. The first-order valence-electron chi connectivity index (χ1n) is 28.6. The lowest BCUT2D eigenvalue weighted by atomic mass is 9.67. The van der Waals surface area contributed by atoms with Crippen LogP contribution in [0.1, 0.15) is 55.6 Å². The summed E-state index contributed by atoms with van der Waals surface area (Å²) < 4.78 is 160. The minimum atomic E-state index is -2.27. The van der Waals surface area contributed by atoms with Gasteiger partial charge in [0.1, 0.15) is 0 Å². The van der Waals surface area contributed by atoms with Crippen LogP contribution < -0.4 is 9.80 Å². The average Bonchev–Trinajstić information content (AvgIpc) is 1.50. The van der Waals surface area contributed by atoms with Gasteiger partial charge in [-0.2, -0.15) is 0 Å². The van der Waals surface area contributed by atoms with E-state index in [0.717, 1.165) is 11.1 Å². The molecule has 0 aromatic heterocycles. The summed E-state index contributed by atoms with van der Waals surface area (Å²) in [5.41, 5.74) is 4.32. The van der Waals surface area contributed by atoms with E-state index in [9.17, 15) is 8.78 Å². The van der Waals surface area contributed by atoms with Gasteiger partial charge in [-0.15, -0.1) is 0 Å². The maximum absolute atomic E-state index is 16.8. The summed E-state index contributed by atoms with van der Waals surface area (Å²) in [6.07, 6.45) is 3.17. The van der Waals surface area contributed by atoms with E-state index in [1.807, 2.05) is 131 Å². The van der Waals surface area contributed by atoms with Crippen LogP contribution in [0.5, 0.6) is 0 Å². The Balaban J connectivity index is 0.878. The van der Waals surface area contributed by atoms with Crippen LogP contribution in [0.2, 0.25) is 0 Å².